The third-order valence-electron chi connectivity index (χ3n) is 4.66. The number of pyridine rings is 1. The largest absolute Gasteiger partial charge is 0.493 e. The summed E-state index contributed by atoms with van der Waals surface area (Å²) < 4.78 is 91.6. The molecular formula is C23H18ClF4N3O5S. The van der Waals surface area contributed by atoms with E-state index in [1.165, 1.54) is 37.6 Å². The van der Waals surface area contributed by atoms with Crippen molar-refractivity contribution in [2.45, 2.75) is 18.0 Å². The van der Waals surface area contributed by atoms with E-state index >= 15 is 0 Å². The lowest BCUT2D eigenvalue weighted by molar-refractivity contribution is -0.137. The second-order valence-electron chi connectivity index (χ2n) is 7.44. The van der Waals surface area contributed by atoms with Gasteiger partial charge in [0, 0.05) is 18.0 Å². The number of sulfonamides is 1. The molecule has 196 valence electrons. The number of anilines is 2. The number of ether oxygens (including phenoxy) is 2. The first-order chi connectivity index (χ1) is 17.2. The van der Waals surface area contributed by atoms with Gasteiger partial charge in [0.1, 0.15) is 5.69 Å². The molecule has 0 saturated heterocycles. The van der Waals surface area contributed by atoms with Crippen LogP contribution in [0, 0.1) is 6.92 Å². The lowest BCUT2D eigenvalue weighted by Crippen LogP contribution is -2.16. The molecule has 1 amide bonds. The van der Waals surface area contributed by atoms with Crippen molar-refractivity contribution in [3.63, 3.8) is 0 Å². The van der Waals surface area contributed by atoms with Crippen LogP contribution in [-0.4, -0.2) is 26.4 Å². The topological polar surface area (TPSA) is 107 Å². The van der Waals surface area contributed by atoms with E-state index in [2.05, 4.69) is 21.6 Å². The fourth-order valence-corrected chi connectivity index (χ4v) is 4.23. The molecule has 2 N–H and O–H groups in total. The Hall–Kier alpha value is -3.84. The summed E-state index contributed by atoms with van der Waals surface area (Å²) in [6.45, 7) is 4.50. The minimum atomic E-state index is -4.87. The average molecular weight is 560 g/mol. The molecule has 0 aliphatic carbocycles. The van der Waals surface area contributed by atoms with Gasteiger partial charge in [0.15, 0.2) is 17.3 Å². The Bertz CT molecular complexity index is 1480. The van der Waals surface area contributed by atoms with Gasteiger partial charge in [-0.3, -0.25) is 9.52 Å². The van der Waals surface area contributed by atoms with Crippen LogP contribution in [0.2, 0.25) is 5.02 Å². The van der Waals surface area contributed by atoms with E-state index in [0.29, 0.717) is 11.6 Å². The van der Waals surface area contributed by atoms with Gasteiger partial charge in [0.2, 0.25) is 5.88 Å². The number of methoxy groups -OCH3 is 1. The summed E-state index contributed by atoms with van der Waals surface area (Å²) in [5, 5.41) is 1.59. The zero-order valence-electron chi connectivity index (χ0n) is 19.1. The molecule has 0 spiro atoms. The molecule has 3 aromatic rings. The second-order valence-corrected chi connectivity index (χ2v) is 9.53. The van der Waals surface area contributed by atoms with Gasteiger partial charge in [-0.1, -0.05) is 18.2 Å². The van der Waals surface area contributed by atoms with Crippen molar-refractivity contribution in [2.75, 3.05) is 17.1 Å². The quantitative estimate of drug-likeness (QED) is 0.256. The van der Waals surface area contributed by atoms with Gasteiger partial charge in [-0.15, -0.1) is 0 Å². The maximum absolute atomic E-state index is 13.2. The molecule has 0 unspecified atom stereocenters. The Morgan fingerprint density at radius 2 is 1.81 bits per heavy atom. The molecule has 1 heterocycles. The van der Waals surface area contributed by atoms with E-state index in [4.69, 9.17) is 21.1 Å². The van der Waals surface area contributed by atoms with Gasteiger partial charge in [-0.2, -0.15) is 13.2 Å². The highest BCUT2D eigenvalue weighted by Crippen LogP contribution is 2.38. The van der Waals surface area contributed by atoms with E-state index < -0.39 is 43.4 Å². The van der Waals surface area contributed by atoms with Crippen molar-refractivity contribution in [1.29, 1.82) is 0 Å². The highest BCUT2D eigenvalue weighted by Gasteiger charge is 2.34. The minimum Gasteiger partial charge on any atom is -0.493 e. The number of carbonyl (C=O) groups is 1. The number of hydrogen-bond donors (Lipinski definition) is 2. The molecule has 0 radical (unpaired) electrons. The van der Waals surface area contributed by atoms with Gasteiger partial charge in [-0.25, -0.2) is 17.8 Å². The van der Waals surface area contributed by atoms with Crippen LogP contribution in [0.3, 0.4) is 0 Å². The fraction of sp³-hybridized carbons (Fsp3) is 0.130. The SMILES string of the molecule is C=C(F)C(=O)Nc1ccc(Oc2ncc(C)cc2NS(=O)(=O)c2ccc(Cl)c(C(F)(F)F)c2)c(OC)c1. The Kier molecular flexibility index (Phi) is 7.98. The summed E-state index contributed by atoms with van der Waals surface area (Å²) in [4.78, 5) is 14.9. The molecule has 0 saturated carbocycles. The lowest BCUT2D eigenvalue weighted by atomic mass is 10.2. The van der Waals surface area contributed by atoms with Crippen molar-refractivity contribution in [1.82, 2.24) is 4.98 Å². The molecule has 1 aromatic heterocycles. The minimum absolute atomic E-state index is 0.0298. The monoisotopic (exact) mass is 559 g/mol. The van der Waals surface area contributed by atoms with Crippen LogP contribution < -0.4 is 19.5 Å². The number of benzene rings is 2. The Morgan fingerprint density at radius 1 is 1.11 bits per heavy atom. The lowest BCUT2D eigenvalue weighted by Gasteiger charge is -2.16. The van der Waals surface area contributed by atoms with Gasteiger partial charge < -0.3 is 14.8 Å². The zero-order valence-corrected chi connectivity index (χ0v) is 20.7. The van der Waals surface area contributed by atoms with Gasteiger partial charge in [0.25, 0.3) is 15.9 Å². The third-order valence-corrected chi connectivity index (χ3v) is 6.35. The normalized spacial score (nSPS) is 11.5. The predicted octanol–water partition coefficient (Wildman–Crippen LogP) is 6.09. The summed E-state index contributed by atoms with van der Waals surface area (Å²) in [5.74, 6) is -2.44. The van der Waals surface area contributed by atoms with E-state index in [-0.39, 0.29) is 28.8 Å². The maximum atomic E-state index is 13.2. The molecule has 0 aliphatic rings. The molecule has 37 heavy (non-hydrogen) atoms. The maximum Gasteiger partial charge on any atom is 0.417 e. The molecule has 8 nitrogen and oxygen atoms in total. The van der Waals surface area contributed by atoms with Gasteiger partial charge in [-0.05, 0) is 48.9 Å². The highest BCUT2D eigenvalue weighted by atomic mass is 35.5. The van der Waals surface area contributed by atoms with Crippen molar-refractivity contribution >= 4 is 38.9 Å². The van der Waals surface area contributed by atoms with Crippen LogP contribution in [0.25, 0.3) is 0 Å². The first kappa shape index (κ1) is 27.7. The number of aryl methyl sites for hydroxylation is 1. The number of nitrogens with one attached hydrogen (secondary N) is 2. The van der Waals surface area contributed by atoms with Crippen molar-refractivity contribution in [3.8, 4) is 17.4 Å². The van der Waals surface area contributed by atoms with E-state index in [1.807, 2.05) is 0 Å². The number of amides is 1. The van der Waals surface area contributed by atoms with Crippen LogP contribution in [-0.2, 0) is 21.0 Å². The summed E-state index contributed by atoms with van der Waals surface area (Å²) in [6, 6.07) is 7.51. The first-order valence-corrected chi connectivity index (χ1v) is 11.9. The Labute approximate surface area is 213 Å². The van der Waals surface area contributed by atoms with Crippen LogP contribution in [0.4, 0.5) is 28.9 Å². The molecule has 0 bridgehead atoms. The summed E-state index contributed by atoms with van der Waals surface area (Å²) in [7, 11) is -3.26. The van der Waals surface area contributed by atoms with E-state index in [0.717, 1.165) is 12.1 Å². The predicted molar refractivity (Wildman–Crippen MR) is 128 cm³/mol. The standard InChI is InChI=1S/C23H18ClF4N3O5S/c1-12-8-18(31-37(33,34)15-5-6-17(24)16(10-15)23(26,27)28)22(29-11-12)36-19-7-4-14(9-20(19)35-3)30-21(32)13(2)25/h4-11,31H,2H2,1,3H3,(H,30,32). The van der Waals surface area contributed by atoms with Gasteiger partial charge >= 0.3 is 6.18 Å². The second kappa shape index (κ2) is 10.6. The summed E-state index contributed by atoms with van der Waals surface area (Å²) >= 11 is 5.59. The highest BCUT2D eigenvalue weighted by molar-refractivity contribution is 7.92. The van der Waals surface area contributed by atoms with Crippen LogP contribution in [0.5, 0.6) is 17.4 Å². The smallest absolute Gasteiger partial charge is 0.417 e. The number of carbonyl (C=O) groups excluding carboxylic acids is 1. The molecule has 14 heteroatoms. The van der Waals surface area contributed by atoms with E-state index in [9.17, 15) is 30.8 Å². The molecule has 3 rings (SSSR count). The Morgan fingerprint density at radius 3 is 2.43 bits per heavy atom. The number of aromatic nitrogens is 1. The van der Waals surface area contributed by atoms with E-state index in [1.54, 1.807) is 6.92 Å². The molecule has 0 atom stereocenters. The number of nitrogens with zero attached hydrogens (tertiary/aromatic N) is 1. The average Bonchev–Trinajstić information content (AvgIpc) is 2.80. The van der Waals surface area contributed by atoms with Crippen molar-refractivity contribution in [3.05, 3.63) is 77.2 Å². The van der Waals surface area contributed by atoms with Crippen LogP contribution in [0.1, 0.15) is 11.1 Å². The summed E-state index contributed by atoms with van der Waals surface area (Å²) in [6.07, 6.45) is -3.51. The molecule has 0 aliphatic heterocycles. The molecule has 0 fully saturated rings. The number of halogens is 5. The number of rotatable bonds is 8. The molecular weight excluding hydrogens is 542 g/mol. The number of hydrogen-bond acceptors (Lipinski definition) is 6. The van der Waals surface area contributed by atoms with Crippen molar-refractivity contribution < 1.29 is 40.2 Å². The Balaban J connectivity index is 1.95. The third kappa shape index (κ3) is 6.68. The van der Waals surface area contributed by atoms with Crippen LogP contribution >= 0.6 is 11.6 Å². The fourth-order valence-electron chi connectivity index (χ4n) is 2.94. The summed E-state index contributed by atoms with van der Waals surface area (Å²) in [5.41, 5.74) is -0.844. The molecule has 2 aromatic carbocycles. The first-order valence-electron chi connectivity index (χ1n) is 10.1. The zero-order chi connectivity index (χ0) is 27.5. The van der Waals surface area contributed by atoms with Gasteiger partial charge in [0.05, 0.1) is 22.6 Å². The van der Waals surface area contributed by atoms with Crippen molar-refractivity contribution in [2.24, 2.45) is 0 Å². The number of alkyl halides is 3. The van der Waals surface area contributed by atoms with Crippen LogP contribution in [0.15, 0.2) is 66.0 Å².